The third-order valence-corrected chi connectivity index (χ3v) is 2.95. The summed E-state index contributed by atoms with van der Waals surface area (Å²) >= 11 is 5.69. The monoisotopic (exact) mass is 300 g/mol. The van der Waals surface area contributed by atoms with Crippen molar-refractivity contribution >= 4 is 29.5 Å². The topological polar surface area (TPSA) is 75.7 Å². The number of hydrogen-bond acceptors (Lipinski definition) is 4. The Bertz CT molecular complexity index is 579. The first kappa shape index (κ1) is 14.3. The Hall–Kier alpha value is -2.15. The predicted octanol–water partition coefficient (Wildman–Crippen LogP) is 1.19. The quantitative estimate of drug-likeness (QED) is 0.851. The smallest absolute Gasteiger partial charge is 0.340 e. The van der Waals surface area contributed by atoms with Crippen molar-refractivity contribution < 1.29 is 23.5 Å². The second-order valence-electron chi connectivity index (χ2n) is 3.98. The van der Waals surface area contributed by atoms with Gasteiger partial charge in [-0.05, 0) is 18.2 Å². The zero-order chi connectivity index (χ0) is 14.7. The van der Waals surface area contributed by atoms with Crippen LogP contribution in [0.4, 0.5) is 9.18 Å². The zero-order valence-corrected chi connectivity index (χ0v) is 10.9. The fourth-order valence-electron chi connectivity index (χ4n) is 1.65. The summed E-state index contributed by atoms with van der Waals surface area (Å²) in [4.78, 5) is 35.5. The first-order valence-electron chi connectivity index (χ1n) is 5.69. The van der Waals surface area contributed by atoms with E-state index in [1.165, 1.54) is 0 Å². The molecule has 1 heterocycles. The molecule has 2 rings (SSSR count). The van der Waals surface area contributed by atoms with Crippen molar-refractivity contribution in [1.29, 1.82) is 0 Å². The highest BCUT2D eigenvalue weighted by atomic mass is 35.5. The molecule has 1 aliphatic heterocycles. The van der Waals surface area contributed by atoms with Gasteiger partial charge < -0.3 is 10.1 Å². The van der Waals surface area contributed by atoms with E-state index in [0.717, 1.165) is 23.1 Å². The van der Waals surface area contributed by atoms with Crippen LogP contribution in [0.25, 0.3) is 0 Å². The van der Waals surface area contributed by atoms with Gasteiger partial charge in [-0.1, -0.05) is 11.6 Å². The van der Waals surface area contributed by atoms with Crippen LogP contribution in [0, 0.1) is 5.82 Å². The van der Waals surface area contributed by atoms with E-state index in [0.29, 0.717) is 6.54 Å². The van der Waals surface area contributed by atoms with Crippen molar-refractivity contribution in [1.82, 2.24) is 10.2 Å². The summed E-state index contributed by atoms with van der Waals surface area (Å²) in [6.45, 7) is 0.00872. The normalized spacial score (nSPS) is 14.1. The van der Waals surface area contributed by atoms with Gasteiger partial charge in [0.15, 0.2) is 6.61 Å². The summed E-state index contributed by atoms with van der Waals surface area (Å²) in [6, 6.07) is 2.66. The molecule has 0 spiro atoms. The minimum absolute atomic E-state index is 0.0493. The Balaban J connectivity index is 1.95. The lowest BCUT2D eigenvalue weighted by Crippen LogP contribution is -2.37. The second-order valence-corrected chi connectivity index (χ2v) is 4.38. The van der Waals surface area contributed by atoms with Crippen LogP contribution in [0.2, 0.25) is 5.02 Å². The molecule has 1 saturated heterocycles. The molecule has 0 atom stereocenters. The summed E-state index contributed by atoms with van der Waals surface area (Å²) in [6.07, 6.45) is 0. The molecule has 0 aliphatic carbocycles. The van der Waals surface area contributed by atoms with E-state index >= 15 is 0 Å². The van der Waals surface area contributed by atoms with Gasteiger partial charge in [-0.3, -0.25) is 9.69 Å². The molecular formula is C12H10ClFN2O4. The minimum Gasteiger partial charge on any atom is -0.452 e. The van der Waals surface area contributed by atoms with Crippen LogP contribution in [0.5, 0.6) is 0 Å². The Morgan fingerprint density at radius 3 is 2.80 bits per heavy atom. The van der Waals surface area contributed by atoms with Crippen LogP contribution in [-0.2, 0) is 9.53 Å². The van der Waals surface area contributed by atoms with Crippen LogP contribution >= 0.6 is 11.6 Å². The van der Waals surface area contributed by atoms with E-state index in [9.17, 15) is 18.8 Å². The molecule has 8 heteroatoms. The molecule has 6 nitrogen and oxygen atoms in total. The van der Waals surface area contributed by atoms with Gasteiger partial charge >= 0.3 is 12.0 Å². The van der Waals surface area contributed by atoms with Gasteiger partial charge in [0.1, 0.15) is 5.82 Å². The van der Waals surface area contributed by atoms with Crippen molar-refractivity contribution in [2.45, 2.75) is 0 Å². The van der Waals surface area contributed by atoms with Crippen molar-refractivity contribution in [2.75, 3.05) is 19.7 Å². The molecule has 1 fully saturated rings. The van der Waals surface area contributed by atoms with Gasteiger partial charge in [0.25, 0.3) is 5.91 Å². The molecule has 106 valence electrons. The summed E-state index contributed by atoms with van der Waals surface area (Å²) in [7, 11) is 0. The highest BCUT2D eigenvalue weighted by Crippen LogP contribution is 2.18. The zero-order valence-electron chi connectivity index (χ0n) is 10.2. The number of hydrogen-bond donors (Lipinski definition) is 1. The van der Waals surface area contributed by atoms with Crippen molar-refractivity contribution in [3.05, 3.63) is 34.6 Å². The molecule has 0 saturated carbocycles. The Morgan fingerprint density at radius 2 is 2.20 bits per heavy atom. The number of halogens is 2. The SMILES string of the molecule is O=C(OCC(=O)N1CCNC1=O)c1ccc(F)cc1Cl. The van der Waals surface area contributed by atoms with Crippen molar-refractivity contribution in [3.63, 3.8) is 0 Å². The van der Waals surface area contributed by atoms with E-state index in [4.69, 9.17) is 16.3 Å². The summed E-state index contributed by atoms with van der Waals surface area (Å²) < 4.78 is 17.6. The standard InChI is InChI=1S/C12H10ClFN2O4/c13-9-5-7(14)1-2-8(9)11(18)20-6-10(17)16-4-3-15-12(16)19/h1-2,5H,3-4,6H2,(H,15,19). The molecule has 1 N–H and O–H groups in total. The summed E-state index contributed by atoms with van der Waals surface area (Å²) in [5.41, 5.74) is -0.0493. The molecule has 1 aliphatic rings. The molecule has 0 unspecified atom stereocenters. The van der Waals surface area contributed by atoms with Gasteiger partial charge in [-0.15, -0.1) is 0 Å². The molecule has 1 aromatic carbocycles. The summed E-state index contributed by atoms with van der Waals surface area (Å²) in [5.74, 6) is -2.08. The average molecular weight is 301 g/mol. The number of carbonyl (C=O) groups is 3. The largest absolute Gasteiger partial charge is 0.452 e. The van der Waals surface area contributed by atoms with E-state index in [1.807, 2.05) is 0 Å². The molecule has 3 amide bonds. The van der Waals surface area contributed by atoms with Crippen LogP contribution in [0.3, 0.4) is 0 Å². The number of ether oxygens (including phenoxy) is 1. The number of nitrogens with zero attached hydrogens (tertiary/aromatic N) is 1. The third kappa shape index (κ3) is 3.05. The lowest BCUT2D eigenvalue weighted by Gasteiger charge is -2.12. The fraction of sp³-hybridized carbons (Fsp3) is 0.250. The maximum absolute atomic E-state index is 12.8. The number of carbonyl (C=O) groups excluding carboxylic acids is 3. The Morgan fingerprint density at radius 1 is 1.45 bits per heavy atom. The molecule has 0 aromatic heterocycles. The molecule has 20 heavy (non-hydrogen) atoms. The number of esters is 1. The van der Waals surface area contributed by atoms with Crippen LogP contribution in [0.1, 0.15) is 10.4 Å². The maximum atomic E-state index is 12.8. The molecule has 0 bridgehead atoms. The highest BCUT2D eigenvalue weighted by Gasteiger charge is 2.27. The first-order valence-corrected chi connectivity index (χ1v) is 6.07. The average Bonchev–Trinajstić information content (AvgIpc) is 2.82. The number of urea groups is 1. The van der Waals surface area contributed by atoms with Gasteiger partial charge in [0, 0.05) is 13.1 Å². The van der Waals surface area contributed by atoms with Gasteiger partial charge in [0.05, 0.1) is 10.6 Å². The van der Waals surface area contributed by atoms with Crippen molar-refractivity contribution in [2.24, 2.45) is 0 Å². The fourth-order valence-corrected chi connectivity index (χ4v) is 1.89. The van der Waals surface area contributed by atoms with Crippen LogP contribution in [-0.4, -0.2) is 42.5 Å². The Labute approximate surface area is 118 Å². The number of imide groups is 1. The number of rotatable bonds is 3. The minimum atomic E-state index is -0.858. The Kier molecular flexibility index (Phi) is 4.19. The van der Waals surface area contributed by atoms with Crippen LogP contribution < -0.4 is 5.32 Å². The summed E-state index contributed by atoms with van der Waals surface area (Å²) in [5, 5.41) is 2.34. The van der Waals surface area contributed by atoms with E-state index in [1.54, 1.807) is 0 Å². The van der Waals surface area contributed by atoms with E-state index in [2.05, 4.69) is 5.32 Å². The second kappa shape index (κ2) is 5.87. The maximum Gasteiger partial charge on any atom is 0.340 e. The van der Waals surface area contributed by atoms with Gasteiger partial charge in [-0.2, -0.15) is 0 Å². The van der Waals surface area contributed by atoms with Crippen molar-refractivity contribution in [3.8, 4) is 0 Å². The molecule has 1 aromatic rings. The molecule has 0 radical (unpaired) electrons. The number of amides is 3. The highest BCUT2D eigenvalue weighted by molar-refractivity contribution is 6.33. The van der Waals surface area contributed by atoms with E-state index < -0.39 is 30.3 Å². The number of benzene rings is 1. The lowest BCUT2D eigenvalue weighted by molar-refractivity contribution is -0.130. The molecular weight excluding hydrogens is 291 g/mol. The van der Waals surface area contributed by atoms with Gasteiger partial charge in [-0.25, -0.2) is 14.0 Å². The predicted molar refractivity (Wildman–Crippen MR) is 66.8 cm³/mol. The first-order chi connectivity index (χ1) is 9.49. The lowest BCUT2D eigenvalue weighted by atomic mass is 10.2. The third-order valence-electron chi connectivity index (χ3n) is 2.64. The van der Waals surface area contributed by atoms with Gasteiger partial charge in [0.2, 0.25) is 0 Å². The van der Waals surface area contributed by atoms with E-state index in [-0.39, 0.29) is 17.1 Å². The number of nitrogens with one attached hydrogen (secondary N) is 1. The van der Waals surface area contributed by atoms with Crippen LogP contribution in [0.15, 0.2) is 18.2 Å².